The second-order valence-corrected chi connectivity index (χ2v) is 3.75. The van der Waals surface area contributed by atoms with Gasteiger partial charge in [0.2, 0.25) is 0 Å². The van der Waals surface area contributed by atoms with Crippen molar-refractivity contribution in [3.63, 3.8) is 0 Å². The van der Waals surface area contributed by atoms with Crippen molar-refractivity contribution < 1.29 is 39.5 Å². The van der Waals surface area contributed by atoms with Crippen LogP contribution in [0.1, 0.15) is 10.8 Å². The standard InChI is InChI=1S/C8H6Cl2O2S.Na/c9-4-1-2-6(10)5(3-4)7(13)8(11)12;/h1-3,7,13H,(H,11,12);/q;+1/p-1. The van der Waals surface area contributed by atoms with E-state index in [0.29, 0.717) is 15.6 Å². The van der Waals surface area contributed by atoms with Crippen molar-refractivity contribution in [3.05, 3.63) is 33.8 Å². The van der Waals surface area contributed by atoms with Crippen LogP contribution in [0.3, 0.4) is 0 Å². The summed E-state index contributed by atoms with van der Waals surface area (Å²) in [6.07, 6.45) is 0. The number of carbonyl (C=O) groups excluding carboxylic acids is 1. The molecule has 0 aliphatic carbocycles. The monoisotopic (exact) mass is 258 g/mol. The molecule has 0 heterocycles. The Balaban J connectivity index is 0.00000169. The van der Waals surface area contributed by atoms with Crippen molar-refractivity contribution >= 4 is 41.8 Å². The first-order valence-corrected chi connectivity index (χ1v) is 4.63. The Morgan fingerprint density at radius 2 is 2.00 bits per heavy atom. The third-order valence-electron chi connectivity index (χ3n) is 1.48. The van der Waals surface area contributed by atoms with Gasteiger partial charge in [-0.15, -0.1) is 0 Å². The molecule has 6 heteroatoms. The Morgan fingerprint density at radius 1 is 1.43 bits per heavy atom. The van der Waals surface area contributed by atoms with Crippen molar-refractivity contribution in [1.82, 2.24) is 0 Å². The molecule has 0 saturated heterocycles. The maximum Gasteiger partial charge on any atom is 1.00 e. The Labute approximate surface area is 119 Å². The number of halogens is 2. The zero-order valence-corrected chi connectivity index (χ0v) is 11.7. The van der Waals surface area contributed by atoms with Crippen LogP contribution in [0, 0.1) is 0 Å². The minimum Gasteiger partial charge on any atom is -0.549 e. The third-order valence-corrected chi connectivity index (χ3v) is 2.54. The Morgan fingerprint density at radius 3 is 2.50 bits per heavy atom. The number of carboxylic acids is 1. The number of thiol groups is 1. The second kappa shape index (κ2) is 6.26. The van der Waals surface area contributed by atoms with Crippen LogP contribution in [-0.2, 0) is 4.79 Å². The van der Waals surface area contributed by atoms with E-state index in [1.54, 1.807) is 6.07 Å². The van der Waals surface area contributed by atoms with Gasteiger partial charge in [-0.05, 0) is 23.8 Å². The van der Waals surface area contributed by atoms with Gasteiger partial charge < -0.3 is 9.90 Å². The average molecular weight is 259 g/mol. The van der Waals surface area contributed by atoms with Crippen molar-refractivity contribution in [1.29, 1.82) is 0 Å². The zero-order valence-electron chi connectivity index (χ0n) is 7.33. The van der Waals surface area contributed by atoms with Crippen LogP contribution in [-0.4, -0.2) is 5.97 Å². The van der Waals surface area contributed by atoms with E-state index in [1.807, 2.05) is 0 Å². The fraction of sp³-hybridized carbons (Fsp3) is 0.125. The normalized spacial score (nSPS) is 11.6. The van der Waals surface area contributed by atoms with Gasteiger partial charge in [0.1, 0.15) is 0 Å². The van der Waals surface area contributed by atoms with Gasteiger partial charge in [-0.2, -0.15) is 12.6 Å². The van der Waals surface area contributed by atoms with Gasteiger partial charge in [0.25, 0.3) is 0 Å². The number of carbonyl (C=O) groups is 1. The molecule has 0 aliphatic rings. The summed E-state index contributed by atoms with van der Waals surface area (Å²) in [5, 5.41) is 10.2. The molecule has 0 fully saturated rings. The molecule has 70 valence electrons. The van der Waals surface area contributed by atoms with Gasteiger partial charge in [-0.25, -0.2) is 0 Å². The minimum absolute atomic E-state index is 0. The molecule has 14 heavy (non-hydrogen) atoms. The molecule has 1 atom stereocenters. The van der Waals surface area contributed by atoms with E-state index in [-0.39, 0.29) is 29.6 Å². The molecule has 0 aromatic heterocycles. The summed E-state index contributed by atoms with van der Waals surface area (Å²) in [5.41, 5.74) is 0.345. The van der Waals surface area contributed by atoms with Gasteiger partial charge in [0.15, 0.2) is 0 Å². The largest absolute Gasteiger partial charge is 1.00 e. The fourth-order valence-corrected chi connectivity index (χ4v) is 1.55. The van der Waals surface area contributed by atoms with Crippen LogP contribution >= 0.6 is 35.8 Å². The molecular weight excluding hydrogens is 254 g/mol. The summed E-state index contributed by atoms with van der Waals surface area (Å²) < 4.78 is 0. The summed E-state index contributed by atoms with van der Waals surface area (Å²) in [6.45, 7) is 0. The number of aliphatic carboxylic acids is 1. The number of carboxylic acid groups (broad SMARTS) is 1. The number of rotatable bonds is 2. The molecule has 0 spiro atoms. The number of hydrogen-bond donors (Lipinski definition) is 1. The Bertz CT molecular complexity index is 346. The molecule has 0 saturated carbocycles. The van der Waals surface area contributed by atoms with Gasteiger partial charge in [-0.3, -0.25) is 0 Å². The van der Waals surface area contributed by atoms with Crippen LogP contribution in [0.4, 0.5) is 0 Å². The number of benzene rings is 1. The maximum absolute atomic E-state index is 10.5. The SMILES string of the molecule is O=C([O-])C(S)c1cc(Cl)ccc1Cl.[Na+]. The molecule has 1 unspecified atom stereocenters. The third kappa shape index (κ3) is 3.65. The second-order valence-electron chi connectivity index (χ2n) is 2.39. The van der Waals surface area contributed by atoms with E-state index in [0.717, 1.165) is 0 Å². The van der Waals surface area contributed by atoms with Crippen molar-refractivity contribution in [2.24, 2.45) is 0 Å². The van der Waals surface area contributed by atoms with Gasteiger partial charge >= 0.3 is 29.6 Å². The van der Waals surface area contributed by atoms with Crippen LogP contribution in [0.25, 0.3) is 0 Å². The topological polar surface area (TPSA) is 40.1 Å². The smallest absolute Gasteiger partial charge is 0.549 e. The van der Waals surface area contributed by atoms with E-state index < -0.39 is 11.2 Å². The van der Waals surface area contributed by atoms with Gasteiger partial charge in [0, 0.05) is 10.0 Å². The summed E-state index contributed by atoms with van der Waals surface area (Å²) >= 11 is 15.2. The molecule has 0 amide bonds. The van der Waals surface area contributed by atoms with Crippen LogP contribution in [0.15, 0.2) is 18.2 Å². The van der Waals surface area contributed by atoms with E-state index in [4.69, 9.17) is 23.2 Å². The molecule has 1 aromatic rings. The van der Waals surface area contributed by atoms with E-state index in [1.165, 1.54) is 12.1 Å². The summed E-state index contributed by atoms with van der Waals surface area (Å²) in [5.74, 6) is -1.30. The average Bonchev–Trinajstić information content (AvgIpc) is 2.08. The Hall–Kier alpha value is 0.620. The van der Waals surface area contributed by atoms with Crippen LogP contribution < -0.4 is 34.7 Å². The van der Waals surface area contributed by atoms with E-state index in [2.05, 4.69) is 12.6 Å². The summed E-state index contributed by atoms with van der Waals surface area (Å²) in [7, 11) is 0. The molecule has 0 radical (unpaired) electrons. The minimum atomic E-state index is -1.30. The summed E-state index contributed by atoms with van der Waals surface area (Å²) in [4.78, 5) is 10.5. The van der Waals surface area contributed by atoms with Gasteiger partial charge in [0.05, 0.1) is 11.2 Å². The van der Waals surface area contributed by atoms with Crippen molar-refractivity contribution in [3.8, 4) is 0 Å². The molecule has 2 nitrogen and oxygen atoms in total. The van der Waals surface area contributed by atoms with Crippen molar-refractivity contribution in [2.75, 3.05) is 0 Å². The first-order chi connectivity index (χ1) is 6.02. The molecule has 0 bridgehead atoms. The molecule has 1 aromatic carbocycles. The van der Waals surface area contributed by atoms with Gasteiger partial charge in [-0.1, -0.05) is 23.2 Å². The number of hydrogen-bond acceptors (Lipinski definition) is 3. The van der Waals surface area contributed by atoms with Crippen molar-refractivity contribution in [2.45, 2.75) is 5.25 Å². The predicted molar refractivity (Wildman–Crippen MR) is 53.2 cm³/mol. The quantitative estimate of drug-likeness (QED) is 0.531. The van der Waals surface area contributed by atoms with Crippen LogP contribution in [0.5, 0.6) is 0 Å². The summed E-state index contributed by atoms with van der Waals surface area (Å²) in [6, 6.07) is 4.55. The Kier molecular flexibility index (Phi) is 6.53. The zero-order chi connectivity index (χ0) is 10.0. The van der Waals surface area contributed by atoms with E-state index in [9.17, 15) is 9.90 Å². The van der Waals surface area contributed by atoms with Crippen LogP contribution in [0.2, 0.25) is 10.0 Å². The first kappa shape index (κ1) is 14.6. The molecular formula is C8H5Cl2NaO2S. The maximum atomic E-state index is 10.5. The molecule has 0 N–H and O–H groups in total. The molecule has 1 rings (SSSR count). The first-order valence-electron chi connectivity index (χ1n) is 3.36. The fourth-order valence-electron chi connectivity index (χ4n) is 0.851. The molecule has 0 aliphatic heterocycles. The van der Waals surface area contributed by atoms with E-state index >= 15 is 0 Å². The predicted octanol–water partition coefficient (Wildman–Crippen LogP) is -1.28.